The highest BCUT2D eigenvalue weighted by atomic mass is 16.3. The third-order valence-corrected chi connectivity index (χ3v) is 4.47. The van der Waals surface area contributed by atoms with Crippen molar-refractivity contribution in [2.75, 3.05) is 11.9 Å². The van der Waals surface area contributed by atoms with Gasteiger partial charge in [0.1, 0.15) is 0 Å². The van der Waals surface area contributed by atoms with E-state index in [1.807, 2.05) is 25.3 Å². The first kappa shape index (κ1) is 16.4. The summed E-state index contributed by atoms with van der Waals surface area (Å²) < 4.78 is 1.79. The third-order valence-electron chi connectivity index (χ3n) is 4.47. The Morgan fingerprint density at radius 1 is 1.38 bits per heavy atom. The second-order valence-electron chi connectivity index (χ2n) is 6.50. The third kappa shape index (κ3) is 4.11. The fourth-order valence-electron chi connectivity index (χ4n) is 2.74. The molecule has 0 aliphatic heterocycles. The van der Waals surface area contributed by atoms with E-state index in [1.165, 1.54) is 5.56 Å². The summed E-state index contributed by atoms with van der Waals surface area (Å²) in [5.74, 6) is 0.851. The van der Waals surface area contributed by atoms with Crippen LogP contribution in [0.3, 0.4) is 0 Å². The number of nitrogens with zero attached hydrogens (tertiary/aromatic N) is 3. The molecule has 0 bridgehead atoms. The molecule has 1 unspecified atom stereocenters. The van der Waals surface area contributed by atoms with E-state index in [2.05, 4.69) is 20.7 Å². The minimum absolute atomic E-state index is 0.0640. The van der Waals surface area contributed by atoms with Gasteiger partial charge in [-0.3, -0.25) is 15.0 Å². The number of urea groups is 1. The molecule has 3 N–H and O–H groups in total. The molecule has 24 heavy (non-hydrogen) atoms. The Labute approximate surface area is 141 Å². The summed E-state index contributed by atoms with van der Waals surface area (Å²) in [6, 6.07) is 5.38. The predicted octanol–water partition coefficient (Wildman–Crippen LogP) is 1.80. The number of amides is 2. The van der Waals surface area contributed by atoms with Crippen LogP contribution in [0.25, 0.3) is 0 Å². The fraction of sp³-hybridized carbons (Fsp3) is 0.471. The number of anilines is 1. The molecule has 7 heteroatoms. The highest BCUT2D eigenvalue weighted by Gasteiger charge is 2.42. The van der Waals surface area contributed by atoms with Crippen molar-refractivity contribution in [2.45, 2.75) is 38.3 Å². The number of nitrogens with one attached hydrogen (secondary N) is 2. The van der Waals surface area contributed by atoms with Crippen molar-refractivity contribution in [1.29, 1.82) is 0 Å². The Balaban J connectivity index is 1.51. The Morgan fingerprint density at radius 2 is 2.12 bits per heavy atom. The topological polar surface area (TPSA) is 92.1 Å². The molecule has 0 spiro atoms. The average molecular weight is 329 g/mol. The van der Waals surface area contributed by atoms with E-state index in [0.717, 1.165) is 25.8 Å². The molecule has 2 heterocycles. The maximum Gasteiger partial charge on any atom is 0.320 e. The molecular formula is C17H23N5O2. The van der Waals surface area contributed by atoms with Crippen LogP contribution < -0.4 is 10.6 Å². The summed E-state index contributed by atoms with van der Waals surface area (Å²) in [6.07, 6.45) is 8.31. The average Bonchev–Trinajstić information content (AvgIpc) is 3.36. The number of hydrogen-bond acceptors (Lipinski definition) is 4. The molecule has 1 saturated carbocycles. The van der Waals surface area contributed by atoms with E-state index < -0.39 is 5.54 Å². The standard InChI is InChI=1S/C17H23N5O2/c1-17(12-23,14-2-3-14)20-16(24)19-15-7-11-22(21-15)10-6-13-4-8-18-9-5-13/h4-5,7-9,11,14,23H,2-3,6,10,12H2,1H3,(H2,19,20,21,24). The van der Waals surface area contributed by atoms with Crippen LogP contribution in [0.5, 0.6) is 0 Å². The summed E-state index contributed by atoms with van der Waals surface area (Å²) in [6.45, 7) is 2.53. The van der Waals surface area contributed by atoms with Crippen LogP contribution in [0.2, 0.25) is 0 Å². The number of aliphatic hydroxyl groups excluding tert-OH is 1. The predicted molar refractivity (Wildman–Crippen MR) is 90.5 cm³/mol. The van der Waals surface area contributed by atoms with E-state index in [-0.39, 0.29) is 12.6 Å². The van der Waals surface area contributed by atoms with Gasteiger partial charge in [-0.05, 0) is 49.8 Å². The molecular weight excluding hydrogens is 306 g/mol. The molecule has 7 nitrogen and oxygen atoms in total. The van der Waals surface area contributed by atoms with Crippen LogP contribution in [0.4, 0.5) is 10.6 Å². The van der Waals surface area contributed by atoms with E-state index in [1.54, 1.807) is 23.1 Å². The Kier molecular flexibility index (Phi) is 4.80. The SMILES string of the molecule is CC(CO)(NC(=O)Nc1ccn(CCc2ccncc2)n1)C1CC1. The number of carbonyl (C=O) groups excluding carboxylic acids is 1. The molecule has 0 aromatic carbocycles. The van der Waals surface area contributed by atoms with Crippen LogP contribution in [0, 0.1) is 5.92 Å². The summed E-state index contributed by atoms with van der Waals surface area (Å²) in [4.78, 5) is 16.1. The van der Waals surface area contributed by atoms with Crippen molar-refractivity contribution in [3.05, 3.63) is 42.4 Å². The number of carbonyl (C=O) groups is 1. The zero-order valence-corrected chi connectivity index (χ0v) is 13.8. The highest BCUT2D eigenvalue weighted by Crippen LogP contribution is 2.39. The van der Waals surface area contributed by atoms with Crippen molar-refractivity contribution in [3.63, 3.8) is 0 Å². The number of aryl methyl sites for hydroxylation is 2. The zero-order chi connectivity index (χ0) is 17.0. The molecule has 0 saturated heterocycles. The quantitative estimate of drug-likeness (QED) is 0.722. The molecule has 3 rings (SSSR count). The normalized spacial score (nSPS) is 16.4. The number of hydrogen-bond donors (Lipinski definition) is 3. The molecule has 2 aromatic heterocycles. The summed E-state index contributed by atoms with van der Waals surface area (Å²) in [5.41, 5.74) is 0.629. The van der Waals surface area contributed by atoms with Gasteiger partial charge >= 0.3 is 6.03 Å². The van der Waals surface area contributed by atoms with Crippen LogP contribution >= 0.6 is 0 Å². The molecule has 0 radical (unpaired) electrons. The van der Waals surface area contributed by atoms with Crippen molar-refractivity contribution in [1.82, 2.24) is 20.1 Å². The van der Waals surface area contributed by atoms with Gasteiger partial charge in [-0.15, -0.1) is 0 Å². The lowest BCUT2D eigenvalue weighted by molar-refractivity contribution is 0.159. The maximum absolute atomic E-state index is 12.1. The first-order valence-electron chi connectivity index (χ1n) is 8.21. The largest absolute Gasteiger partial charge is 0.394 e. The molecule has 2 aromatic rings. The first-order valence-corrected chi connectivity index (χ1v) is 8.21. The van der Waals surface area contributed by atoms with Crippen molar-refractivity contribution < 1.29 is 9.90 Å². The molecule has 1 aliphatic rings. The number of aromatic nitrogens is 3. The zero-order valence-electron chi connectivity index (χ0n) is 13.8. The summed E-state index contributed by atoms with van der Waals surface area (Å²) >= 11 is 0. The lowest BCUT2D eigenvalue weighted by Crippen LogP contribution is -2.52. The number of pyridine rings is 1. The van der Waals surface area contributed by atoms with Crippen molar-refractivity contribution in [3.8, 4) is 0 Å². The lowest BCUT2D eigenvalue weighted by Gasteiger charge is -2.28. The molecule has 128 valence electrons. The van der Waals surface area contributed by atoms with Gasteiger partial charge in [0.25, 0.3) is 0 Å². The van der Waals surface area contributed by atoms with Gasteiger partial charge in [0.15, 0.2) is 5.82 Å². The van der Waals surface area contributed by atoms with Gasteiger partial charge in [0.2, 0.25) is 0 Å². The Hall–Kier alpha value is -2.41. The van der Waals surface area contributed by atoms with Crippen LogP contribution in [-0.4, -0.2) is 38.0 Å². The van der Waals surface area contributed by atoms with E-state index >= 15 is 0 Å². The molecule has 1 aliphatic carbocycles. The van der Waals surface area contributed by atoms with Gasteiger partial charge < -0.3 is 10.4 Å². The minimum Gasteiger partial charge on any atom is -0.394 e. The van der Waals surface area contributed by atoms with E-state index in [9.17, 15) is 9.90 Å². The molecule has 1 atom stereocenters. The van der Waals surface area contributed by atoms with Gasteiger partial charge in [-0.2, -0.15) is 5.10 Å². The summed E-state index contributed by atoms with van der Waals surface area (Å²) in [5, 5.41) is 19.5. The van der Waals surface area contributed by atoms with Crippen LogP contribution in [0.15, 0.2) is 36.8 Å². The second kappa shape index (κ2) is 7.00. The van der Waals surface area contributed by atoms with Crippen LogP contribution in [-0.2, 0) is 13.0 Å². The van der Waals surface area contributed by atoms with E-state index in [4.69, 9.17) is 0 Å². The van der Waals surface area contributed by atoms with Crippen molar-refractivity contribution >= 4 is 11.8 Å². The van der Waals surface area contributed by atoms with Crippen LogP contribution in [0.1, 0.15) is 25.3 Å². The smallest absolute Gasteiger partial charge is 0.320 e. The van der Waals surface area contributed by atoms with Gasteiger partial charge in [-0.25, -0.2) is 4.79 Å². The first-order chi connectivity index (χ1) is 11.6. The monoisotopic (exact) mass is 329 g/mol. The molecule has 1 fully saturated rings. The lowest BCUT2D eigenvalue weighted by atomic mass is 9.97. The Bertz CT molecular complexity index is 683. The summed E-state index contributed by atoms with van der Waals surface area (Å²) in [7, 11) is 0. The van der Waals surface area contributed by atoms with Gasteiger partial charge in [0, 0.05) is 31.2 Å². The minimum atomic E-state index is -0.562. The number of aliphatic hydroxyl groups is 1. The fourth-order valence-corrected chi connectivity index (χ4v) is 2.74. The van der Waals surface area contributed by atoms with E-state index in [0.29, 0.717) is 11.7 Å². The maximum atomic E-state index is 12.1. The van der Waals surface area contributed by atoms with Crippen molar-refractivity contribution in [2.24, 2.45) is 5.92 Å². The van der Waals surface area contributed by atoms with Gasteiger partial charge in [-0.1, -0.05) is 0 Å². The number of rotatable bonds is 7. The molecule has 2 amide bonds. The second-order valence-corrected chi connectivity index (χ2v) is 6.50. The Morgan fingerprint density at radius 3 is 2.79 bits per heavy atom. The van der Waals surface area contributed by atoms with Gasteiger partial charge in [0.05, 0.1) is 12.1 Å². The highest BCUT2D eigenvalue weighted by molar-refractivity contribution is 5.88.